The minimum atomic E-state index is -0.481. The molecule has 1 aromatic carbocycles. The van der Waals surface area contributed by atoms with Gasteiger partial charge in [-0.05, 0) is 68.2 Å². The molecule has 2 aliphatic rings. The highest BCUT2D eigenvalue weighted by Crippen LogP contribution is 2.42. The third-order valence-electron chi connectivity index (χ3n) is 6.24. The molecule has 1 aliphatic heterocycles. The van der Waals surface area contributed by atoms with Crippen LogP contribution in [-0.2, 0) is 20.8 Å². The van der Waals surface area contributed by atoms with Crippen molar-refractivity contribution in [2.45, 2.75) is 64.7 Å². The number of carbonyl (C=O) groups is 1. The molecule has 3 rings (SSSR count). The van der Waals surface area contributed by atoms with Gasteiger partial charge in [-0.1, -0.05) is 31.4 Å². The zero-order valence-electron chi connectivity index (χ0n) is 17.8. The van der Waals surface area contributed by atoms with E-state index in [9.17, 15) is 14.3 Å². The molecule has 1 fully saturated rings. The number of nitrogens with one attached hydrogen (secondary N) is 1. The fraction of sp³-hybridized carbons (Fsp3) is 0.625. The lowest BCUT2D eigenvalue weighted by Gasteiger charge is -2.41. The van der Waals surface area contributed by atoms with Gasteiger partial charge >= 0.3 is 0 Å². The summed E-state index contributed by atoms with van der Waals surface area (Å²) in [5, 5.41) is 12.2. The van der Waals surface area contributed by atoms with E-state index in [2.05, 4.69) is 5.32 Å². The first-order chi connectivity index (χ1) is 14.6. The predicted molar refractivity (Wildman–Crippen MR) is 113 cm³/mol. The standard InChI is InChI=1S/C24H34FNO4/c1-2-29-24-20(9-6-14-27)21(18-7-4-3-5-8-18)15-22(30-24)23(28)26-16-17-10-12-19(25)13-11-17/h10-13,15,18,20-21,24,27H,2-9,14,16H2,1H3,(H,26,28)/t20-,21-,24-/m1/s1. The van der Waals surface area contributed by atoms with Crippen molar-refractivity contribution in [2.75, 3.05) is 13.2 Å². The molecule has 1 amide bonds. The fourth-order valence-electron chi connectivity index (χ4n) is 4.71. The molecule has 30 heavy (non-hydrogen) atoms. The van der Waals surface area contributed by atoms with E-state index in [0.717, 1.165) is 24.8 Å². The monoisotopic (exact) mass is 419 g/mol. The van der Waals surface area contributed by atoms with Gasteiger partial charge in [-0.25, -0.2) is 4.39 Å². The predicted octanol–water partition coefficient (Wildman–Crippen LogP) is 4.30. The van der Waals surface area contributed by atoms with E-state index in [-0.39, 0.29) is 30.2 Å². The molecular formula is C24H34FNO4. The lowest BCUT2D eigenvalue weighted by molar-refractivity contribution is -0.177. The van der Waals surface area contributed by atoms with Gasteiger partial charge in [-0.15, -0.1) is 0 Å². The Labute approximate surface area is 178 Å². The molecular weight excluding hydrogens is 385 g/mol. The van der Waals surface area contributed by atoms with Gasteiger partial charge < -0.3 is 19.9 Å². The molecule has 2 N–H and O–H groups in total. The van der Waals surface area contributed by atoms with Crippen molar-refractivity contribution >= 4 is 5.91 Å². The van der Waals surface area contributed by atoms with E-state index in [1.807, 2.05) is 13.0 Å². The number of aliphatic hydroxyl groups excluding tert-OH is 1. The normalized spacial score (nSPS) is 24.8. The zero-order chi connectivity index (χ0) is 21.3. The van der Waals surface area contributed by atoms with E-state index >= 15 is 0 Å². The van der Waals surface area contributed by atoms with E-state index in [1.165, 1.54) is 31.4 Å². The molecule has 0 aromatic heterocycles. The van der Waals surface area contributed by atoms with Crippen LogP contribution in [0.1, 0.15) is 57.4 Å². The number of allylic oxidation sites excluding steroid dienone is 1. The number of amides is 1. The molecule has 6 heteroatoms. The second kappa shape index (κ2) is 11.5. The number of ether oxygens (including phenoxy) is 2. The summed E-state index contributed by atoms with van der Waals surface area (Å²) in [4.78, 5) is 12.9. The molecule has 1 aromatic rings. The van der Waals surface area contributed by atoms with Gasteiger partial charge in [0.1, 0.15) is 5.82 Å². The van der Waals surface area contributed by atoms with Crippen LogP contribution in [0.15, 0.2) is 36.1 Å². The number of hydrogen-bond acceptors (Lipinski definition) is 4. The molecule has 1 heterocycles. The van der Waals surface area contributed by atoms with E-state index < -0.39 is 6.29 Å². The number of hydrogen-bond donors (Lipinski definition) is 2. The van der Waals surface area contributed by atoms with Gasteiger partial charge in [0.05, 0.1) is 0 Å². The molecule has 0 saturated heterocycles. The number of aliphatic hydroxyl groups is 1. The Balaban J connectivity index is 1.75. The first-order valence-corrected chi connectivity index (χ1v) is 11.3. The van der Waals surface area contributed by atoms with Gasteiger partial charge in [-0.3, -0.25) is 4.79 Å². The third kappa shape index (κ3) is 6.05. The third-order valence-corrected chi connectivity index (χ3v) is 6.24. The van der Waals surface area contributed by atoms with Crippen molar-refractivity contribution < 1.29 is 23.8 Å². The van der Waals surface area contributed by atoms with Gasteiger partial charge in [0.2, 0.25) is 6.29 Å². The van der Waals surface area contributed by atoms with Crippen molar-refractivity contribution in [3.8, 4) is 0 Å². The van der Waals surface area contributed by atoms with Crippen LogP contribution >= 0.6 is 0 Å². The molecule has 1 saturated carbocycles. The molecule has 0 bridgehead atoms. The summed E-state index contributed by atoms with van der Waals surface area (Å²) in [6.07, 6.45) is 9.02. The van der Waals surface area contributed by atoms with Crippen molar-refractivity contribution in [2.24, 2.45) is 17.8 Å². The average molecular weight is 420 g/mol. The van der Waals surface area contributed by atoms with Crippen LogP contribution in [0.3, 0.4) is 0 Å². The number of rotatable bonds is 9. The molecule has 0 spiro atoms. The van der Waals surface area contributed by atoms with Crippen LogP contribution < -0.4 is 5.32 Å². The Kier molecular flexibility index (Phi) is 8.70. The highest BCUT2D eigenvalue weighted by Gasteiger charge is 2.40. The summed E-state index contributed by atoms with van der Waals surface area (Å²) in [7, 11) is 0. The van der Waals surface area contributed by atoms with Crippen molar-refractivity contribution in [3.63, 3.8) is 0 Å². The first kappa shape index (κ1) is 22.8. The minimum Gasteiger partial charge on any atom is -0.459 e. The maximum atomic E-state index is 13.1. The van der Waals surface area contributed by atoms with Crippen LogP contribution in [0.2, 0.25) is 0 Å². The van der Waals surface area contributed by atoms with Crippen LogP contribution in [0.4, 0.5) is 4.39 Å². The average Bonchev–Trinajstić information content (AvgIpc) is 2.78. The zero-order valence-corrected chi connectivity index (χ0v) is 17.8. The van der Waals surface area contributed by atoms with Gasteiger partial charge in [-0.2, -0.15) is 0 Å². The lowest BCUT2D eigenvalue weighted by atomic mass is 9.71. The Morgan fingerprint density at radius 1 is 1.23 bits per heavy atom. The molecule has 1 aliphatic carbocycles. The quantitative estimate of drug-likeness (QED) is 0.626. The highest BCUT2D eigenvalue weighted by atomic mass is 19.1. The summed E-state index contributed by atoms with van der Waals surface area (Å²) in [5.41, 5.74) is 0.826. The maximum Gasteiger partial charge on any atom is 0.286 e. The Bertz CT molecular complexity index is 700. The topological polar surface area (TPSA) is 67.8 Å². The van der Waals surface area contributed by atoms with Crippen molar-refractivity contribution in [3.05, 3.63) is 47.5 Å². The van der Waals surface area contributed by atoms with Crippen molar-refractivity contribution in [1.29, 1.82) is 0 Å². The summed E-state index contributed by atoms with van der Waals surface area (Å²) in [6, 6.07) is 6.08. The van der Waals surface area contributed by atoms with E-state index in [4.69, 9.17) is 9.47 Å². The van der Waals surface area contributed by atoms with Gasteiger partial charge in [0.15, 0.2) is 5.76 Å². The Hall–Kier alpha value is -1.92. The van der Waals surface area contributed by atoms with Crippen molar-refractivity contribution in [1.82, 2.24) is 5.32 Å². The fourth-order valence-corrected chi connectivity index (χ4v) is 4.71. The van der Waals surface area contributed by atoms with Gasteiger partial charge in [0.25, 0.3) is 5.91 Å². The van der Waals surface area contributed by atoms with E-state index in [0.29, 0.717) is 31.2 Å². The van der Waals surface area contributed by atoms with E-state index in [1.54, 1.807) is 12.1 Å². The molecule has 0 radical (unpaired) electrons. The van der Waals surface area contributed by atoms with Crippen LogP contribution in [0.5, 0.6) is 0 Å². The Morgan fingerprint density at radius 3 is 2.63 bits per heavy atom. The Morgan fingerprint density at radius 2 is 1.97 bits per heavy atom. The summed E-state index contributed by atoms with van der Waals surface area (Å²) < 4.78 is 25.0. The number of halogens is 1. The molecule has 5 nitrogen and oxygen atoms in total. The first-order valence-electron chi connectivity index (χ1n) is 11.3. The SMILES string of the molecule is CCO[C@@H]1OC(C(=O)NCc2ccc(F)cc2)=C[C@H](C2CCCCC2)[C@H]1CCCO. The van der Waals surface area contributed by atoms with Gasteiger partial charge in [0, 0.05) is 25.7 Å². The smallest absolute Gasteiger partial charge is 0.286 e. The minimum absolute atomic E-state index is 0.133. The van der Waals surface area contributed by atoms with Crippen LogP contribution in [0, 0.1) is 23.6 Å². The molecule has 0 unspecified atom stereocenters. The van der Waals surface area contributed by atoms with Crippen LogP contribution in [-0.4, -0.2) is 30.5 Å². The largest absolute Gasteiger partial charge is 0.459 e. The second-order valence-corrected chi connectivity index (χ2v) is 8.29. The molecule has 3 atom stereocenters. The summed E-state index contributed by atoms with van der Waals surface area (Å²) in [6.45, 7) is 2.87. The highest BCUT2D eigenvalue weighted by molar-refractivity contribution is 5.91. The maximum absolute atomic E-state index is 13.1. The number of benzene rings is 1. The summed E-state index contributed by atoms with van der Waals surface area (Å²) >= 11 is 0. The second-order valence-electron chi connectivity index (χ2n) is 8.29. The van der Waals surface area contributed by atoms with Crippen LogP contribution in [0.25, 0.3) is 0 Å². The number of carbonyl (C=O) groups excluding carboxylic acids is 1. The molecule has 166 valence electrons. The summed E-state index contributed by atoms with van der Waals surface area (Å²) in [5.74, 6) is 0.584. The lowest BCUT2D eigenvalue weighted by Crippen LogP contribution is -2.42.